The molecule has 23 heavy (non-hydrogen) atoms. The van der Waals surface area contributed by atoms with Crippen molar-refractivity contribution >= 4 is 45.2 Å². The lowest BCUT2D eigenvalue weighted by atomic mass is 10.0. The normalized spacial score (nSPS) is 17.3. The van der Waals surface area contributed by atoms with Gasteiger partial charge in [-0.15, -0.1) is 23.2 Å². The first-order valence-electron chi connectivity index (χ1n) is 7.15. The summed E-state index contributed by atoms with van der Waals surface area (Å²) in [6.45, 7) is 6.19. The first kappa shape index (κ1) is 20.3. The Morgan fingerprint density at radius 1 is 1.39 bits per heavy atom. The number of carbonyl (C=O) groups excluding carboxylic acids is 1. The second-order valence-electron chi connectivity index (χ2n) is 5.89. The lowest BCUT2D eigenvalue weighted by Gasteiger charge is -2.34. The van der Waals surface area contributed by atoms with E-state index >= 15 is 0 Å². The Kier molecular flexibility index (Phi) is 8.37. The van der Waals surface area contributed by atoms with Gasteiger partial charge in [0.1, 0.15) is 5.60 Å². The number of alkyl halides is 2. The highest BCUT2D eigenvalue weighted by Gasteiger charge is 2.29. The van der Waals surface area contributed by atoms with Crippen LogP contribution >= 0.6 is 39.1 Å². The van der Waals surface area contributed by atoms with Crippen molar-refractivity contribution in [3.8, 4) is 0 Å². The molecule has 0 saturated heterocycles. The number of rotatable bonds is 1. The largest absolute Gasteiger partial charge is 0.444 e. The molecule has 1 unspecified atom stereocenters. The van der Waals surface area contributed by atoms with Gasteiger partial charge in [-0.25, -0.2) is 4.79 Å². The van der Waals surface area contributed by atoms with Crippen LogP contribution in [0.5, 0.6) is 0 Å². The van der Waals surface area contributed by atoms with Crippen molar-refractivity contribution in [1.82, 2.24) is 9.88 Å². The van der Waals surface area contributed by atoms with E-state index in [4.69, 9.17) is 27.9 Å². The van der Waals surface area contributed by atoms with Crippen molar-refractivity contribution in [3.63, 3.8) is 0 Å². The summed E-state index contributed by atoms with van der Waals surface area (Å²) in [5, 5.41) is 0.194. The van der Waals surface area contributed by atoms with E-state index in [0.29, 0.717) is 6.54 Å². The molecule has 2 heterocycles. The minimum absolute atomic E-state index is 0.0279. The molecule has 128 valence electrons. The number of ether oxygens (including phenoxy) is 1. The van der Waals surface area contributed by atoms with Gasteiger partial charge in [-0.1, -0.05) is 12.2 Å². The van der Waals surface area contributed by atoms with Crippen molar-refractivity contribution in [1.29, 1.82) is 0 Å². The molecular formula is C16H21BrCl2N2O2. The van der Waals surface area contributed by atoms with Gasteiger partial charge in [-0.2, -0.15) is 0 Å². The highest BCUT2D eigenvalue weighted by Crippen LogP contribution is 2.30. The molecule has 4 nitrogen and oxygen atoms in total. The molecular weight excluding hydrogens is 403 g/mol. The third-order valence-corrected chi connectivity index (χ3v) is 3.38. The van der Waals surface area contributed by atoms with E-state index in [0.717, 1.165) is 16.5 Å². The zero-order valence-corrected chi connectivity index (χ0v) is 16.5. The molecule has 2 rings (SSSR count). The first-order chi connectivity index (χ1) is 10.8. The molecule has 0 N–H and O–H groups in total. The summed E-state index contributed by atoms with van der Waals surface area (Å²) in [5.74, 6) is 0. The molecule has 0 radical (unpaired) electrons. The number of nitrogens with zero attached hydrogens (tertiary/aromatic N) is 2. The maximum absolute atomic E-state index is 12.3. The molecule has 0 aromatic carbocycles. The van der Waals surface area contributed by atoms with Gasteiger partial charge in [-0.3, -0.25) is 9.88 Å². The third kappa shape index (κ3) is 7.10. The number of aromatic nitrogens is 1. The molecule has 1 amide bonds. The Bertz CT molecular complexity index is 547. The van der Waals surface area contributed by atoms with Crippen molar-refractivity contribution in [2.75, 3.05) is 11.9 Å². The van der Waals surface area contributed by atoms with Gasteiger partial charge in [-0.05, 0) is 54.8 Å². The van der Waals surface area contributed by atoms with Gasteiger partial charge >= 0.3 is 6.09 Å². The van der Waals surface area contributed by atoms with Crippen LogP contribution in [0.2, 0.25) is 0 Å². The quantitative estimate of drug-likeness (QED) is 0.442. The average Bonchev–Trinajstić information content (AvgIpc) is 2.46. The Morgan fingerprint density at radius 2 is 2.04 bits per heavy atom. The van der Waals surface area contributed by atoms with Gasteiger partial charge in [0.25, 0.3) is 0 Å². The third-order valence-electron chi connectivity index (χ3n) is 2.94. The number of pyridine rings is 1. The molecule has 7 heteroatoms. The molecule has 0 aliphatic carbocycles. The van der Waals surface area contributed by atoms with Gasteiger partial charge < -0.3 is 4.74 Å². The number of hydrogen-bond acceptors (Lipinski definition) is 3. The van der Waals surface area contributed by atoms with Crippen molar-refractivity contribution in [2.45, 2.75) is 38.8 Å². The first-order valence-corrected chi connectivity index (χ1v) is 9.01. The zero-order valence-electron chi connectivity index (χ0n) is 13.4. The topological polar surface area (TPSA) is 42.4 Å². The van der Waals surface area contributed by atoms with Crippen LogP contribution in [0.1, 0.15) is 38.8 Å². The predicted molar refractivity (Wildman–Crippen MR) is 97.9 cm³/mol. The highest BCUT2D eigenvalue weighted by atomic mass is 79.9. The van der Waals surface area contributed by atoms with Gasteiger partial charge in [0, 0.05) is 23.4 Å². The maximum Gasteiger partial charge on any atom is 0.411 e. The summed E-state index contributed by atoms with van der Waals surface area (Å²) in [4.78, 5) is 18.2. The fourth-order valence-electron chi connectivity index (χ4n) is 2.12. The van der Waals surface area contributed by atoms with Crippen LogP contribution in [0.3, 0.4) is 0 Å². The predicted octanol–water partition coefficient (Wildman–Crippen LogP) is 5.50. The SMILES string of the molecule is CC(C)(C)OC(=O)N1CC=CCC1c1cncc(Br)c1.ClCCl. The van der Waals surface area contributed by atoms with E-state index in [1.165, 1.54) is 0 Å². The summed E-state index contributed by atoms with van der Waals surface area (Å²) < 4.78 is 6.39. The standard InChI is InChI=1S/C15H19BrN2O2.CH2Cl2/c1-15(2,3)20-14(19)18-7-5-4-6-13(18)11-8-12(16)10-17-9-11;2-1-3/h4-5,8-10,13H,6-7H2,1-3H3;1H2. The molecule has 1 aliphatic heterocycles. The van der Waals surface area contributed by atoms with E-state index < -0.39 is 5.60 Å². The van der Waals surface area contributed by atoms with Crippen LogP contribution in [-0.2, 0) is 4.74 Å². The zero-order chi connectivity index (χ0) is 17.5. The second kappa shape index (κ2) is 9.50. The van der Waals surface area contributed by atoms with Crippen LogP contribution in [0.4, 0.5) is 4.79 Å². The van der Waals surface area contributed by atoms with E-state index in [1.54, 1.807) is 17.3 Å². The Morgan fingerprint density at radius 3 is 2.61 bits per heavy atom. The van der Waals surface area contributed by atoms with Crippen molar-refractivity contribution in [3.05, 3.63) is 40.6 Å². The Hall–Kier alpha value is -0.780. The molecule has 0 saturated carbocycles. The molecule has 1 atom stereocenters. The van der Waals surface area contributed by atoms with Crippen LogP contribution in [0.25, 0.3) is 0 Å². The summed E-state index contributed by atoms with van der Waals surface area (Å²) >= 11 is 12.9. The van der Waals surface area contributed by atoms with E-state index in [9.17, 15) is 4.79 Å². The molecule has 0 spiro atoms. The van der Waals surface area contributed by atoms with Gasteiger partial charge in [0.05, 0.1) is 11.4 Å². The van der Waals surface area contributed by atoms with Crippen LogP contribution < -0.4 is 0 Å². The smallest absolute Gasteiger partial charge is 0.411 e. The summed E-state index contributed by atoms with van der Waals surface area (Å²) in [7, 11) is 0. The average molecular weight is 424 g/mol. The van der Waals surface area contributed by atoms with E-state index in [1.807, 2.05) is 32.9 Å². The Labute approximate surface area is 155 Å². The number of halogens is 3. The van der Waals surface area contributed by atoms with Gasteiger partial charge in [0.2, 0.25) is 0 Å². The maximum atomic E-state index is 12.3. The summed E-state index contributed by atoms with van der Waals surface area (Å²) in [6, 6.07) is 1.97. The lowest BCUT2D eigenvalue weighted by Crippen LogP contribution is -2.40. The van der Waals surface area contributed by atoms with Crippen LogP contribution in [0, 0.1) is 0 Å². The highest BCUT2D eigenvalue weighted by molar-refractivity contribution is 9.10. The molecule has 0 bridgehead atoms. The van der Waals surface area contributed by atoms with Crippen molar-refractivity contribution < 1.29 is 9.53 Å². The number of carbonyl (C=O) groups is 1. The fraction of sp³-hybridized carbons (Fsp3) is 0.500. The minimum Gasteiger partial charge on any atom is -0.444 e. The summed E-state index contributed by atoms with van der Waals surface area (Å²) in [5.41, 5.74) is 0.521. The van der Waals surface area contributed by atoms with Crippen LogP contribution in [-0.4, -0.2) is 33.5 Å². The molecule has 0 fully saturated rings. The summed E-state index contributed by atoms with van der Waals surface area (Å²) in [6.07, 6.45) is 8.11. The number of amides is 1. The monoisotopic (exact) mass is 422 g/mol. The fourth-order valence-corrected chi connectivity index (χ4v) is 2.50. The molecule has 1 aromatic heterocycles. The lowest BCUT2D eigenvalue weighted by molar-refractivity contribution is 0.0175. The molecule has 1 aromatic rings. The van der Waals surface area contributed by atoms with Crippen molar-refractivity contribution in [2.24, 2.45) is 0 Å². The number of hydrogen-bond donors (Lipinski definition) is 0. The van der Waals surface area contributed by atoms with Crippen LogP contribution in [0.15, 0.2) is 35.1 Å². The van der Waals surface area contributed by atoms with E-state index in [2.05, 4.69) is 27.0 Å². The van der Waals surface area contributed by atoms with E-state index in [-0.39, 0.29) is 17.5 Å². The second-order valence-corrected chi connectivity index (χ2v) is 7.62. The molecule has 1 aliphatic rings. The van der Waals surface area contributed by atoms with Gasteiger partial charge in [0.15, 0.2) is 0 Å². The Balaban J connectivity index is 0.000000816. The minimum atomic E-state index is -0.488.